The van der Waals surface area contributed by atoms with Crippen molar-refractivity contribution in [1.82, 2.24) is 4.90 Å². The lowest BCUT2D eigenvalue weighted by Gasteiger charge is -2.32. The van der Waals surface area contributed by atoms with Crippen molar-refractivity contribution >= 4 is 17.7 Å². The molecule has 1 amide bonds. The van der Waals surface area contributed by atoms with E-state index in [1.165, 1.54) is 5.56 Å². The van der Waals surface area contributed by atoms with E-state index in [4.69, 9.17) is 0 Å². The Balaban J connectivity index is 1.97. The molecule has 1 N–H and O–H groups in total. The molecule has 1 aliphatic heterocycles. The molecule has 30 heavy (non-hydrogen) atoms. The van der Waals surface area contributed by atoms with Crippen molar-refractivity contribution < 1.29 is 9.90 Å². The van der Waals surface area contributed by atoms with Gasteiger partial charge in [0, 0.05) is 6.42 Å². The van der Waals surface area contributed by atoms with Gasteiger partial charge in [-0.1, -0.05) is 84.0 Å². The molecule has 0 radical (unpaired) electrons. The molecule has 1 fully saturated rings. The van der Waals surface area contributed by atoms with E-state index in [1.54, 1.807) is 11.8 Å². The second kappa shape index (κ2) is 8.30. The largest absolute Gasteiger partial charge is 0.507 e. The maximum Gasteiger partial charge on any atom is 0.234 e. The van der Waals surface area contributed by atoms with Crippen molar-refractivity contribution in [3.05, 3.63) is 64.7 Å². The van der Waals surface area contributed by atoms with Gasteiger partial charge in [-0.05, 0) is 40.0 Å². The second-order valence-corrected chi connectivity index (χ2v) is 11.6. The summed E-state index contributed by atoms with van der Waals surface area (Å²) in [6.07, 6.45) is 0.778. The van der Waals surface area contributed by atoms with E-state index < -0.39 is 0 Å². The molecule has 2 aromatic carbocycles. The van der Waals surface area contributed by atoms with Gasteiger partial charge in [0.15, 0.2) is 0 Å². The van der Waals surface area contributed by atoms with Crippen molar-refractivity contribution in [3.8, 4) is 5.75 Å². The number of thioether (sulfide) groups is 1. The van der Waals surface area contributed by atoms with Gasteiger partial charge in [0.1, 0.15) is 5.75 Å². The van der Waals surface area contributed by atoms with Gasteiger partial charge in [0.25, 0.3) is 0 Å². The van der Waals surface area contributed by atoms with E-state index in [0.717, 1.165) is 23.1 Å². The molecule has 2 unspecified atom stereocenters. The van der Waals surface area contributed by atoms with Crippen LogP contribution in [0.15, 0.2) is 42.5 Å². The highest BCUT2D eigenvalue weighted by molar-refractivity contribution is 8.01. The molecule has 3 nitrogen and oxygen atoms in total. The van der Waals surface area contributed by atoms with Crippen LogP contribution in [0.25, 0.3) is 0 Å². The minimum absolute atomic E-state index is 0.0417. The number of phenolic OH excluding ortho intramolecular Hbond substituents is 1. The Morgan fingerprint density at radius 1 is 1.03 bits per heavy atom. The molecule has 162 valence electrons. The van der Waals surface area contributed by atoms with Crippen LogP contribution in [0.2, 0.25) is 0 Å². The normalized spacial score (nSPS) is 18.7. The quantitative estimate of drug-likeness (QED) is 0.635. The molecule has 2 aromatic rings. The number of benzene rings is 2. The molecule has 4 heteroatoms. The summed E-state index contributed by atoms with van der Waals surface area (Å²) < 4.78 is 0. The molecule has 1 saturated heterocycles. The first-order valence-corrected chi connectivity index (χ1v) is 11.8. The van der Waals surface area contributed by atoms with Gasteiger partial charge in [0.2, 0.25) is 5.91 Å². The maximum atomic E-state index is 12.8. The van der Waals surface area contributed by atoms with Gasteiger partial charge < -0.3 is 10.0 Å². The third kappa shape index (κ3) is 4.69. The number of carbonyl (C=O) groups is 1. The van der Waals surface area contributed by atoms with E-state index in [1.807, 2.05) is 23.1 Å². The summed E-state index contributed by atoms with van der Waals surface area (Å²) in [7, 11) is 0. The molecular formula is C26H35NO2S. The number of carbonyl (C=O) groups excluding carboxylic acids is 1. The van der Waals surface area contributed by atoms with E-state index in [9.17, 15) is 9.90 Å². The zero-order chi connectivity index (χ0) is 22.3. The minimum Gasteiger partial charge on any atom is -0.507 e. The third-order valence-electron chi connectivity index (χ3n) is 5.89. The first kappa shape index (κ1) is 22.7. The highest BCUT2D eigenvalue weighted by Crippen LogP contribution is 2.41. The van der Waals surface area contributed by atoms with Gasteiger partial charge in [-0.3, -0.25) is 4.79 Å². The van der Waals surface area contributed by atoms with Crippen LogP contribution >= 0.6 is 11.8 Å². The minimum atomic E-state index is -0.157. The van der Waals surface area contributed by atoms with Gasteiger partial charge >= 0.3 is 0 Å². The predicted molar refractivity (Wildman–Crippen MR) is 127 cm³/mol. The van der Waals surface area contributed by atoms with Crippen molar-refractivity contribution in [2.75, 3.05) is 5.75 Å². The summed E-state index contributed by atoms with van der Waals surface area (Å²) in [4.78, 5) is 14.8. The smallest absolute Gasteiger partial charge is 0.234 e. The van der Waals surface area contributed by atoms with Crippen LogP contribution in [0.5, 0.6) is 5.75 Å². The Morgan fingerprint density at radius 3 is 2.07 bits per heavy atom. The van der Waals surface area contributed by atoms with E-state index in [0.29, 0.717) is 11.5 Å². The monoisotopic (exact) mass is 425 g/mol. The van der Waals surface area contributed by atoms with Crippen molar-refractivity contribution in [3.63, 3.8) is 0 Å². The number of phenols is 1. The van der Waals surface area contributed by atoms with Crippen LogP contribution in [-0.2, 0) is 22.0 Å². The molecule has 0 aromatic heterocycles. The summed E-state index contributed by atoms with van der Waals surface area (Å²) in [5, 5.41) is 11.1. The van der Waals surface area contributed by atoms with Crippen LogP contribution in [0.3, 0.4) is 0 Å². The van der Waals surface area contributed by atoms with Crippen LogP contribution in [0, 0.1) is 0 Å². The van der Waals surface area contributed by atoms with Crippen LogP contribution < -0.4 is 0 Å². The van der Waals surface area contributed by atoms with Crippen molar-refractivity contribution in [1.29, 1.82) is 0 Å². The van der Waals surface area contributed by atoms with Crippen molar-refractivity contribution in [2.45, 2.75) is 77.1 Å². The fraction of sp³-hybridized carbons (Fsp3) is 0.500. The number of nitrogens with zero attached hydrogens (tertiary/aromatic N) is 1. The lowest BCUT2D eigenvalue weighted by Crippen LogP contribution is -2.36. The highest BCUT2D eigenvalue weighted by Gasteiger charge is 2.36. The summed E-state index contributed by atoms with van der Waals surface area (Å²) in [6, 6.07) is 14.6. The number of hydrogen-bond acceptors (Lipinski definition) is 3. The lowest BCUT2D eigenvalue weighted by atomic mass is 9.78. The first-order valence-electron chi connectivity index (χ1n) is 10.7. The van der Waals surface area contributed by atoms with E-state index in [-0.39, 0.29) is 28.2 Å². The molecule has 3 rings (SSSR count). The Morgan fingerprint density at radius 2 is 1.57 bits per heavy atom. The fourth-order valence-electron chi connectivity index (χ4n) is 4.15. The van der Waals surface area contributed by atoms with E-state index in [2.05, 4.69) is 72.7 Å². The van der Waals surface area contributed by atoms with Crippen molar-refractivity contribution in [2.24, 2.45) is 0 Å². The molecule has 1 heterocycles. The Bertz CT molecular complexity index is 874. The SMILES string of the molecule is CC(c1ccccc1)N1C(=O)CSC1Cc1cc(C(C)(C)C)c(O)c(C(C)(C)C)c1. The number of hydrogen-bond donors (Lipinski definition) is 1. The molecule has 0 aliphatic carbocycles. The number of amides is 1. The van der Waals surface area contributed by atoms with Gasteiger partial charge in [0.05, 0.1) is 17.2 Å². The van der Waals surface area contributed by atoms with Crippen LogP contribution in [0.1, 0.15) is 76.8 Å². The standard InChI is InChI=1S/C26H35NO2S/c1-17(19-11-9-8-10-12-19)27-22(28)16-30-23(27)15-18-13-20(25(2,3)4)24(29)21(14-18)26(5,6)7/h8-14,17,23,29H,15-16H2,1-7H3. The average molecular weight is 426 g/mol. The molecular weight excluding hydrogens is 390 g/mol. The lowest BCUT2D eigenvalue weighted by molar-refractivity contribution is -0.130. The predicted octanol–water partition coefficient (Wildman–Crippen LogP) is 6.19. The van der Waals surface area contributed by atoms with Crippen LogP contribution in [-0.4, -0.2) is 27.0 Å². The summed E-state index contributed by atoms with van der Waals surface area (Å²) in [5.41, 5.74) is 3.98. The van der Waals surface area contributed by atoms with Crippen LogP contribution in [0.4, 0.5) is 0 Å². The molecule has 0 bridgehead atoms. The number of rotatable bonds is 4. The van der Waals surface area contributed by atoms with Gasteiger partial charge in [-0.2, -0.15) is 0 Å². The zero-order valence-electron chi connectivity index (χ0n) is 19.3. The second-order valence-electron chi connectivity index (χ2n) is 10.4. The summed E-state index contributed by atoms with van der Waals surface area (Å²) >= 11 is 1.72. The summed E-state index contributed by atoms with van der Waals surface area (Å²) in [6.45, 7) is 14.9. The highest BCUT2D eigenvalue weighted by atomic mass is 32.2. The van der Waals surface area contributed by atoms with Gasteiger partial charge in [-0.15, -0.1) is 11.8 Å². The Kier molecular flexibility index (Phi) is 6.29. The number of aromatic hydroxyl groups is 1. The molecule has 1 aliphatic rings. The third-order valence-corrected chi connectivity index (χ3v) is 7.08. The Labute approximate surface area is 185 Å². The zero-order valence-corrected chi connectivity index (χ0v) is 20.1. The molecule has 0 spiro atoms. The summed E-state index contributed by atoms with van der Waals surface area (Å²) in [5.74, 6) is 1.13. The maximum absolute atomic E-state index is 12.8. The average Bonchev–Trinajstić information content (AvgIpc) is 3.01. The first-order chi connectivity index (χ1) is 13.9. The Hall–Kier alpha value is -1.94. The topological polar surface area (TPSA) is 40.5 Å². The van der Waals surface area contributed by atoms with E-state index >= 15 is 0 Å². The fourth-order valence-corrected chi connectivity index (χ4v) is 5.41. The molecule has 0 saturated carbocycles. The van der Waals surface area contributed by atoms with Gasteiger partial charge in [-0.25, -0.2) is 0 Å². The molecule has 2 atom stereocenters.